The van der Waals surface area contributed by atoms with Crippen molar-refractivity contribution in [3.8, 4) is 0 Å². The molecule has 1 aliphatic heterocycles. The van der Waals surface area contributed by atoms with E-state index in [-0.39, 0.29) is 23.8 Å². The van der Waals surface area contributed by atoms with Crippen molar-refractivity contribution in [3.05, 3.63) is 64.9 Å². The first-order valence-corrected chi connectivity index (χ1v) is 9.21. The summed E-state index contributed by atoms with van der Waals surface area (Å²) in [5.74, 6) is -0.353. The molecule has 2 atom stereocenters. The molecule has 2 amide bonds. The van der Waals surface area contributed by atoms with E-state index in [9.17, 15) is 9.59 Å². The molecule has 3 rings (SSSR count). The summed E-state index contributed by atoms with van der Waals surface area (Å²) in [5, 5.41) is 3.54. The summed E-state index contributed by atoms with van der Waals surface area (Å²) < 4.78 is 0. The highest BCUT2D eigenvalue weighted by Gasteiger charge is 2.40. The van der Waals surface area contributed by atoms with Crippen molar-refractivity contribution in [2.45, 2.75) is 32.4 Å². The summed E-state index contributed by atoms with van der Waals surface area (Å²) in [6, 6.07) is 12.7. The predicted molar refractivity (Wildman–Crippen MR) is 100 cm³/mol. The third-order valence-corrected chi connectivity index (χ3v) is 5.12. The number of halogens is 1. The first-order chi connectivity index (χ1) is 12.6. The first kappa shape index (κ1) is 18.4. The minimum absolute atomic E-state index is 0.0613. The van der Waals surface area contributed by atoms with Crippen LogP contribution in [0.15, 0.2) is 48.7 Å². The molecule has 1 aromatic carbocycles. The molecule has 1 aliphatic rings. The zero-order valence-corrected chi connectivity index (χ0v) is 15.4. The minimum atomic E-state index is -0.348. The van der Waals surface area contributed by atoms with Crippen molar-refractivity contribution < 1.29 is 9.59 Å². The number of carbonyl (C=O) groups excluding carboxylic acids is 2. The number of benzene rings is 1. The van der Waals surface area contributed by atoms with Crippen LogP contribution in [0, 0.1) is 5.92 Å². The molecule has 1 fully saturated rings. The Bertz CT molecular complexity index is 782. The maximum Gasteiger partial charge on any atom is 0.225 e. The molecule has 0 spiro atoms. The van der Waals surface area contributed by atoms with Crippen LogP contribution in [-0.2, 0) is 16.1 Å². The van der Waals surface area contributed by atoms with E-state index in [1.807, 2.05) is 43.3 Å². The van der Waals surface area contributed by atoms with Gasteiger partial charge in [0.15, 0.2) is 0 Å². The zero-order chi connectivity index (χ0) is 18.5. The highest BCUT2D eigenvalue weighted by molar-refractivity contribution is 6.31. The maximum atomic E-state index is 12.9. The highest BCUT2D eigenvalue weighted by Crippen LogP contribution is 2.39. The van der Waals surface area contributed by atoms with Crippen molar-refractivity contribution in [3.63, 3.8) is 0 Å². The van der Waals surface area contributed by atoms with Crippen molar-refractivity contribution in [1.29, 1.82) is 0 Å². The SMILES string of the molecule is CCN1C(=O)CC[C@@H](C(=O)NCc2ccccn2)[C@@H]1c1ccccc1Cl. The summed E-state index contributed by atoms with van der Waals surface area (Å²) in [6.45, 7) is 2.83. The molecule has 5 nitrogen and oxygen atoms in total. The number of aromatic nitrogens is 1. The van der Waals surface area contributed by atoms with Crippen LogP contribution in [0.5, 0.6) is 0 Å². The average Bonchev–Trinajstić information content (AvgIpc) is 2.67. The van der Waals surface area contributed by atoms with E-state index in [4.69, 9.17) is 11.6 Å². The number of carbonyl (C=O) groups is 2. The lowest BCUT2D eigenvalue weighted by Crippen LogP contribution is -2.48. The minimum Gasteiger partial charge on any atom is -0.350 e. The Morgan fingerprint density at radius 2 is 2.04 bits per heavy atom. The Kier molecular flexibility index (Phi) is 5.89. The fourth-order valence-electron chi connectivity index (χ4n) is 3.51. The van der Waals surface area contributed by atoms with Crippen molar-refractivity contribution >= 4 is 23.4 Å². The van der Waals surface area contributed by atoms with Crippen LogP contribution in [0.4, 0.5) is 0 Å². The third-order valence-electron chi connectivity index (χ3n) is 4.78. The van der Waals surface area contributed by atoms with E-state index < -0.39 is 0 Å². The average molecular weight is 372 g/mol. The highest BCUT2D eigenvalue weighted by atomic mass is 35.5. The molecule has 136 valence electrons. The molecule has 0 saturated carbocycles. The van der Waals surface area contributed by atoms with Gasteiger partial charge in [0, 0.05) is 24.2 Å². The van der Waals surface area contributed by atoms with Crippen LogP contribution in [0.2, 0.25) is 5.02 Å². The molecule has 6 heteroatoms. The molecule has 2 aromatic rings. The molecule has 1 saturated heterocycles. The van der Waals surface area contributed by atoms with Crippen molar-refractivity contribution in [1.82, 2.24) is 15.2 Å². The van der Waals surface area contributed by atoms with Gasteiger partial charge in [-0.05, 0) is 37.1 Å². The van der Waals surface area contributed by atoms with Gasteiger partial charge in [-0.2, -0.15) is 0 Å². The summed E-state index contributed by atoms with van der Waals surface area (Å²) in [5.41, 5.74) is 1.62. The molecular weight excluding hydrogens is 350 g/mol. The van der Waals surface area contributed by atoms with E-state index in [0.29, 0.717) is 31.0 Å². The van der Waals surface area contributed by atoms with Gasteiger partial charge in [0.25, 0.3) is 0 Å². The molecule has 0 aliphatic carbocycles. The topological polar surface area (TPSA) is 62.3 Å². The number of nitrogens with one attached hydrogen (secondary N) is 1. The van der Waals surface area contributed by atoms with Gasteiger partial charge in [0.1, 0.15) is 0 Å². The van der Waals surface area contributed by atoms with Gasteiger partial charge in [-0.3, -0.25) is 14.6 Å². The molecule has 1 aromatic heterocycles. The van der Waals surface area contributed by atoms with Crippen LogP contribution >= 0.6 is 11.6 Å². The smallest absolute Gasteiger partial charge is 0.225 e. The third kappa shape index (κ3) is 3.88. The normalized spacial score (nSPS) is 20.1. The number of pyridine rings is 1. The fraction of sp³-hybridized carbons (Fsp3) is 0.350. The molecule has 2 heterocycles. The standard InChI is InChI=1S/C20H22ClN3O2/c1-2-24-18(25)11-10-16(19(24)15-8-3-4-9-17(15)21)20(26)23-13-14-7-5-6-12-22-14/h3-9,12,16,19H,2,10-11,13H2,1H3,(H,23,26)/t16-,19+/m1/s1. The number of likely N-dealkylation sites (tertiary alicyclic amines) is 1. The van der Waals surface area contributed by atoms with Gasteiger partial charge in [-0.1, -0.05) is 35.9 Å². The molecule has 0 bridgehead atoms. The van der Waals surface area contributed by atoms with Crippen LogP contribution in [0.1, 0.15) is 37.1 Å². The van der Waals surface area contributed by atoms with E-state index in [2.05, 4.69) is 10.3 Å². The Morgan fingerprint density at radius 3 is 2.73 bits per heavy atom. The summed E-state index contributed by atoms with van der Waals surface area (Å²) >= 11 is 6.39. The van der Waals surface area contributed by atoms with Gasteiger partial charge < -0.3 is 10.2 Å². The number of amides is 2. The van der Waals surface area contributed by atoms with Gasteiger partial charge >= 0.3 is 0 Å². The molecular formula is C20H22ClN3O2. The van der Waals surface area contributed by atoms with Gasteiger partial charge in [0.2, 0.25) is 11.8 Å². The molecule has 0 unspecified atom stereocenters. The van der Waals surface area contributed by atoms with Gasteiger partial charge in [-0.25, -0.2) is 0 Å². The second-order valence-electron chi connectivity index (χ2n) is 6.33. The number of rotatable bonds is 5. The Hall–Kier alpha value is -2.40. The quantitative estimate of drug-likeness (QED) is 0.876. The second kappa shape index (κ2) is 8.32. The number of hydrogen-bond donors (Lipinski definition) is 1. The van der Waals surface area contributed by atoms with Crippen LogP contribution < -0.4 is 5.32 Å². The fourth-order valence-corrected chi connectivity index (χ4v) is 3.76. The van der Waals surface area contributed by atoms with Crippen LogP contribution in [0.25, 0.3) is 0 Å². The lowest BCUT2D eigenvalue weighted by Gasteiger charge is -2.40. The van der Waals surface area contributed by atoms with Crippen molar-refractivity contribution in [2.24, 2.45) is 5.92 Å². The van der Waals surface area contributed by atoms with E-state index in [1.54, 1.807) is 17.2 Å². The molecule has 1 N–H and O–H groups in total. The lowest BCUT2D eigenvalue weighted by atomic mass is 9.83. The van der Waals surface area contributed by atoms with Gasteiger partial charge in [0.05, 0.1) is 24.2 Å². The maximum absolute atomic E-state index is 12.9. The largest absolute Gasteiger partial charge is 0.350 e. The number of hydrogen-bond acceptors (Lipinski definition) is 3. The Labute approximate surface area is 158 Å². The van der Waals surface area contributed by atoms with E-state index in [1.165, 1.54) is 0 Å². The predicted octanol–water partition coefficient (Wildman–Crippen LogP) is 3.35. The van der Waals surface area contributed by atoms with Crippen LogP contribution in [0.3, 0.4) is 0 Å². The zero-order valence-electron chi connectivity index (χ0n) is 14.7. The summed E-state index contributed by atoms with van der Waals surface area (Å²) in [6.07, 6.45) is 2.59. The number of piperidine rings is 1. The molecule has 0 radical (unpaired) electrons. The van der Waals surface area contributed by atoms with E-state index >= 15 is 0 Å². The summed E-state index contributed by atoms with van der Waals surface area (Å²) in [4.78, 5) is 31.3. The van der Waals surface area contributed by atoms with Gasteiger partial charge in [-0.15, -0.1) is 0 Å². The Morgan fingerprint density at radius 1 is 1.27 bits per heavy atom. The first-order valence-electron chi connectivity index (χ1n) is 8.83. The number of nitrogens with zero attached hydrogens (tertiary/aromatic N) is 2. The second-order valence-corrected chi connectivity index (χ2v) is 6.74. The van der Waals surface area contributed by atoms with Crippen molar-refractivity contribution in [2.75, 3.05) is 6.54 Å². The monoisotopic (exact) mass is 371 g/mol. The summed E-state index contributed by atoms with van der Waals surface area (Å²) in [7, 11) is 0. The van der Waals surface area contributed by atoms with E-state index in [0.717, 1.165) is 11.3 Å². The molecule has 26 heavy (non-hydrogen) atoms. The Balaban J connectivity index is 1.84. The lowest BCUT2D eigenvalue weighted by molar-refractivity contribution is -0.143. The van der Waals surface area contributed by atoms with Crippen LogP contribution in [-0.4, -0.2) is 28.2 Å².